The van der Waals surface area contributed by atoms with E-state index in [9.17, 15) is 4.79 Å². The smallest absolute Gasteiger partial charge is 0.246 e. The van der Waals surface area contributed by atoms with Crippen LogP contribution in [0.1, 0.15) is 28.3 Å². The number of carbonyl (C=O) groups excluding carboxylic acids is 1. The minimum atomic E-state index is -0.481. The number of methoxy groups -OCH3 is 1. The molecule has 1 amide bonds. The van der Waals surface area contributed by atoms with Gasteiger partial charge in [0.15, 0.2) is 0 Å². The molecule has 144 valence electrons. The van der Waals surface area contributed by atoms with Crippen molar-refractivity contribution in [2.45, 2.75) is 26.4 Å². The van der Waals surface area contributed by atoms with Crippen LogP contribution >= 0.6 is 0 Å². The van der Waals surface area contributed by atoms with Crippen LogP contribution in [-0.4, -0.2) is 13.0 Å². The van der Waals surface area contributed by atoms with Gasteiger partial charge in [-0.15, -0.1) is 0 Å². The summed E-state index contributed by atoms with van der Waals surface area (Å²) in [7, 11) is 1.65. The molecule has 0 unspecified atom stereocenters. The number of ether oxygens (including phenoxy) is 1. The molecule has 3 aromatic carbocycles. The van der Waals surface area contributed by atoms with Crippen LogP contribution in [0.3, 0.4) is 0 Å². The fourth-order valence-electron chi connectivity index (χ4n) is 3.14. The van der Waals surface area contributed by atoms with Crippen molar-refractivity contribution in [3.63, 3.8) is 0 Å². The van der Waals surface area contributed by atoms with Crippen molar-refractivity contribution in [3.05, 3.63) is 95.1 Å². The lowest BCUT2D eigenvalue weighted by Gasteiger charge is -2.20. The van der Waals surface area contributed by atoms with Crippen molar-refractivity contribution in [1.82, 2.24) is 5.32 Å². The predicted octanol–water partition coefficient (Wildman–Crippen LogP) is 4.78. The number of amides is 1. The van der Waals surface area contributed by atoms with Gasteiger partial charge in [-0.05, 0) is 42.7 Å². The van der Waals surface area contributed by atoms with Crippen LogP contribution in [0.5, 0.6) is 5.75 Å². The number of carbonyl (C=O) groups is 1. The van der Waals surface area contributed by atoms with Gasteiger partial charge in [-0.3, -0.25) is 10.1 Å². The molecule has 0 fully saturated rings. The zero-order valence-corrected chi connectivity index (χ0v) is 16.5. The Morgan fingerprint density at radius 1 is 0.964 bits per heavy atom. The number of hydrogen-bond acceptors (Lipinski definition) is 3. The zero-order valence-electron chi connectivity index (χ0n) is 16.5. The third kappa shape index (κ3) is 4.78. The Hall–Kier alpha value is -3.11. The first-order chi connectivity index (χ1) is 13.6. The largest absolute Gasteiger partial charge is 0.496 e. The number of hydrogen-bond donors (Lipinski definition) is 2. The van der Waals surface area contributed by atoms with Gasteiger partial charge in [-0.2, -0.15) is 0 Å². The molecule has 4 heteroatoms. The van der Waals surface area contributed by atoms with E-state index >= 15 is 0 Å². The number of benzene rings is 3. The highest BCUT2D eigenvalue weighted by molar-refractivity contribution is 5.96. The molecule has 4 nitrogen and oxygen atoms in total. The number of aryl methyl sites for hydroxylation is 2. The first-order valence-corrected chi connectivity index (χ1v) is 9.37. The maximum atomic E-state index is 13.1. The summed E-state index contributed by atoms with van der Waals surface area (Å²) < 4.78 is 5.43. The van der Waals surface area contributed by atoms with Crippen molar-refractivity contribution in [1.29, 1.82) is 0 Å². The van der Waals surface area contributed by atoms with Crippen LogP contribution in [-0.2, 0) is 11.3 Å². The van der Waals surface area contributed by atoms with Crippen molar-refractivity contribution >= 4 is 11.6 Å². The lowest BCUT2D eigenvalue weighted by molar-refractivity contribution is -0.118. The first kappa shape index (κ1) is 19.6. The molecule has 0 aliphatic heterocycles. The van der Waals surface area contributed by atoms with Crippen LogP contribution in [0, 0.1) is 13.8 Å². The Morgan fingerprint density at radius 2 is 1.68 bits per heavy atom. The van der Waals surface area contributed by atoms with Gasteiger partial charge in [0.05, 0.1) is 7.11 Å². The second-order valence-corrected chi connectivity index (χ2v) is 6.84. The Bertz CT molecular complexity index is 938. The summed E-state index contributed by atoms with van der Waals surface area (Å²) in [5, 5.41) is 6.47. The highest BCUT2D eigenvalue weighted by atomic mass is 16.5. The van der Waals surface area contributed by atoms with Gasteiger partial charge in [-0.1, -0.05) is 60.7 Å². The summed E-state index contributed by atoms with van der Waals surface area (Å²) in [5.41, 5.74) is 4.91. The molecular formula is C24H26N2O2. The van der Waals surface area contributed by atoms with E-state index in [1.807, 2.05) is 86.6 Å². The standard InChI is InChI=1S/C24H26N2O2/c1-17-13-14-18(2)21(15-17)26-24(27)23(19-9-5-4-6-10-19)25-16-20-11-7-8-12-22(20)28-3/h4-15,23,25H,16H2,1-3H3,(H,26,27)/t23-/m0/s1. The molecule has 0 heterocycles. The summed E-state index contributed by atoms with van der Waals surface area (Å²) in [5.74, 6) is 0.714. The number of nitrogens with one attached hydrogen (secondary N) is 2. The van der Waals surface area contributed by atoms with Crippen molar-refractivity contribution in [2.75, 3.05) is 12.4 Å². The quantitative estimate of drug-likeness (QED) is 0.626. The lowest BCUT2D eigenvalue weighted by atomic mass is 10.0. The van der Waals surface area contributed by atoms with E-state index < -0.39 is 6.04 Å². The van der Waals surface area contributed by atoms with E-state index in [-0.39, 0.29) is 5.91 Å². The molecule has 28 heavy (non-hydrogen) atoms. The molecule has 0 aliphatic rings. The maximum Gasteiger partial charge on any atom is 0.246 e. The SMILES string of the molecule is COc1ccccc1CN[C@H](C(=O)Nc1cc(C)ccc1C)c1ccccc1. The van der Waals surface area contributed by atoms with Crippen molar-refractivity contribution in [3.8, 4) is 5.75 Å². The van der Waals surface area contributed by atoms with Gasteiger partial charge in [0.1, 0.15) is 11.8 Å². The first-order valence-electron chi connectivity index (χ1n) is 9.37. The molecule has 0 radical (unpaired) electrons. The van der Waals surface area contributed by atoms with Gasteiger partial charge in [-0.25, -0.2) is 0 Å². The Morgan fingerprint density at radius 3 is 2.43 bits per heavy atom. The topological polar surface area (TPSA) is 50.4 Å². The van der Waals surface area contributed by atoms with E-state index in [2.05, 4.69) is 10.6 Å². The van der Waals surface area contributed by atoms with E-state index in [4.69, 9.17) is 4.74 Å². The zero-order chi connectivity index (χ0) is 19.9. The van der Waals surface area contributed by atoms with Gasteiger partial charge in [0.25, 0.3) is 0 Å². The maximum absolute atomic E-state index is 13.1. The van der Waals surface area contributed by atoms with Crippen molar-refractivity contribution < 1.29 is 9.53 Å². The normalized spacial score (nSPS) is 11.7. The average Bonchev–Trinajstić information content (AvgIpc) is 2.72. The summed E-state index contributed by atoms with van der Waals surface area (Å²) >= 11 is 0. The highest BCUT2D eigenvalue weighted by Crippen LogP contribution is 2.22. The molecule has 1 atom stereocenters. The van der Waals surface area contributed by atoms with Crippen LogP contribution in [0.15, 0.2) is 72.8 Å². The molecular weight excluding hydrogens is 348 g/mol. The second kappa shape index (κ2) is 9.20. The van der Waals surface area contributed by atoms with E-state index in [1.54, 1.807) is 7.11 Å². The molecule has 3 aromatic rings. The molecule has 3 rings (SSSR count). The fourth-order valence-corrected chi connectivity index (χ4v) is 3.14. The average molecular weight is 374 g/mol. The summed E-state index contributed by atoms with van der Waals surface area (Å²) in [6.45, 7) is 4.53. The van der Waals surface area contributed by atoms with Gasteiger partial charge >= 0.3 is 0 Å². The Balaban J connectivity index is 1.83. The minimum absolute atomic E-state index is 0.0882. The van der Waals surface area contributed by atoms with Crippen LogP contribution in [0.25, 0.3) is 0 Å². The Labute approximate surface area is 166 Å². The summed E-state index contributed by atoms with van der Waals surface area (Å²) in [6, 6.07) is 23.1. The number of anilines is 1. The molecule has 0 aliphatic carbocycles. The number of para-hydroxylation sites is 1. The van der Waals surface area contributed by atoms with E-state index in [0.717, 1.165) is 33.7 Å². The molecule has 0 spiro atoms. The van der Waals surface area contributed by atoms with Crippen LogP contribution < -0.4 is 15.4 Å². The lowest BCUT2D eigenvalue weighted by Crippen LogP contribution is -2.33. The molecule has 0 saturated heterocycles. The number of rotatable bonds is 7. The third-order valence-corrected chi connectivity index (χ3v) is 4.74. The molecule has 0 saturated carbocycles. The Kier molecular flexibility index (Phi) is 6.45. The fraction of sp³-hybridized carbons (Fsp3) is 0.208. The predicted molar refractivity (Wildman–Crippen MR) is 114 cm³/mol. The minimum Gasteiger partial charge on any atom is -0.496 e. The van der Waals surface area contributed by atoms with Crippen LogP contribution in [0.4, 0.5) is 5.69 Å². The van der Waals surface area contributed by atoms with Crippen LogP contribution in [0.2, 0.25) is 0 Å². The monoisotopic (exact) mass is 374 g/mol. The highest BCUT2D eigenvalue weighted by Gasteiger charge is 2.21. The molecule has 2 N–H and O–H groups in total. The molecule has 0 aromatic heterocycles. The second-order valence-electron chi connectivity index (χ2n) is 6.84. The van der Waals surface area contributed by atoms with Gasteiger partial charge in [0, 0.05) is 17.8 Å². The van der Waals surface area contributed by atoms with Gasteiger partial charge in [0.2, 0.25) is 5.91 Å². The van der Waals surface area contributed by atoms with E-state index in [0.29, 0.717) is 6.54 Å². The van der Waals surface area contributed by atoms with Crippen molar-refractivity contribution in [2.24, 2.45) is 0 Å². The van der Waals surface area contributed by atoms with E-state index in [1.165, 1.54) is 0 Å². The molecule has 0 bridgehead atoms. The van der Waals surface area contributed by atoms with Gasteiger partial charge < -0.3 is 10.1 Å². The third-order valence-electron chi connectivity index (χ3n) is 4.74. The summed E-state index contributed by atoms with van der Waals surface area (Å²) in [4.78, 5) is 13.1. The summed E-state index contributed by atoms with van der Waals surface area (Å²) in [6.07, 6.45) is 0.